The maximum atomic E-state index is 5.65. The Morgan fingerprint density at radius 1 is 1.07 bits per heavy atom. The van der Waals surface area contributed by atoms with Gasteiger partial charge in [-0.1, -0.05) is 33.8 Å². The van der Waals surface area contributed by atoms with Crippen LogP contribution in [0.4, 0.5) is 0 Å². The van der Waals surface area contributed by atoms with Crippen LogP contribution in [0.5, 0.6) is 0 Å². The van der Waals surface area contributed by atoms with E-state index in [9.17, 15) is 0 Å². The summed E-state index contributed by atoms with van der Waals surface area (Å²) in [5, 5.41) is 0. The van der Waals surface area contributed by atoms with Gasteiger partial charge in [0.05, 0.1) is 6.61 Å². The highest BCUT2D eigenvalue weighted by Crippen LogP contribution is 2.21. The highest BCUT2D eigenvalue weighted by molar-refractivity contribution is 5.27. The van der Waals surface area contributed by atoms with Crippen molar-refractivity contribution in [1.82, 2.24) is 0 Å². The molecule has 0 aromatic heterocycles. The summed E-state index contributed by atoms with van der Waals surface area (Å²) in [6, 6.07) is 0. The molecule has 1 nitrogen and oxygen atoms in total. The van der Waals surface area contributed by atoms with Gasteiger partial charge in [-0.2, -0.15) is 0 Å². The Labute approximate surface area is 88.9 Å². The molecule has 0 fully saturated rings. The van der Waals surface area contributed by atoms with Crippen molar-refractivity contribution < 1.29 is 4.74 Å². The predicted octanol–water partition coefficient (Wildman–Crippen LogP) is 4.31. The summed E-state index contributed by atoms with van der Waals surface area (Å²) in [6.07, 6.45) is 6.54. The first-order chi connectivity index (χ1) is 6.67. The number of rotatable bonds is 6. The van der Waals surface area contributed by atoms with E-state index in [0.29, 0.717) is 5.92 Å². The molecule has 0 amide bonds. The van der Waals surface area contributed by atoms with Crippen molar-refractivity contribution in [3.8, 4) is 0 Å². The van der Waals surface area contributed by atoms with Gasteiger partial charge in [0, 0.05) is 0 Å². The van der Waals surface area contributed by atoms with Crippen LogP contribution < -0.4 is 0 Å². The predicted molar refractivity (Wildman–Crippen MR) is 63.2 cm³/mol. The van der Waals surface area contributed by atoms with Crippen molar-refractivity contribution in [3.05, 3.63) is 23.5 Å². The lowest BCUT2D eigenvalue weighted by molar-refractivity contribution is 0.231. The van der Waals surface area contributed by atoms with Crippen molar-refractivity contribution in [2.75, 3.05) is 6.61 Å². The summed E-state index contributed by atoms with van der Waals surface area (Å²) in [5.41, 5.74) is 1.34. The molecule has 0 aromatic carbocycles. The SMILES string of the molecule is CC/C=C(\C(=C/CC)OCC)C(C)C. The topological polar surface area (TPSA) is 9.23 Å². The standard InChI is InChI=1S/C13H24O/c1-6-9-12(11(4)5)13(10-7-2)14-8-3/h9-11H,6-8H2,1-5H3/b12-9-,13-10+. The van der Waals surface area contributed by atoms with E-state index in [-0.39, 0.29) is 0 Å². The van der Waals surface area contributed by atoms with Crippen LogP contribution in [0.3, 0.4) is 0 Å². The molecule has 0 N–H and O–H groups in total. The molecule has 0 aromatic rings. The van der Waals surface area contributed by atoms with Crippen LogP contribution in [0.25, 0.3) is 0 Å². The molecule has 0 radical (unpaired) electrons. The fraction of sp³-hybridized carbons (Fsp3) is 0.692. The van der Waals surface area contributed by atoms with Gasteiger partial charge in [0.25, 0.3) is 0 Å². The first kappa shape index (κ1) is 13.3. The van der Waals surface area contributed by atoms with Gasteiger partial charge in [-0.25, -0.2) is 0 Å². The van der Waals surface area contributed by atoms with Gasteiger partial charge < -0.3 is 4.74 Å². The lowest BCUT2D eigenvalue weighted by atomic mass is 9.99. The molecule has 1 heteroatoms. The molecule has 0 bridgehead atoms. The van der Waals surface area contributed by atoms with E-state index in [0.717, 1.165) is 25.2 Å². The van der Waals surface area contributed by atoms with Crippen molar-refractivity contribution in [3.63, 3.8) is 0 Å². The average Bonchev–Trinajstić information content (AvgIpc) is 2.13. The maximum Gasteiger partial charge on any atom is 0.118 e. The first-order valence-electron chi connectivity index (χ1n) is 5.70. The molecule has 0 aliphatic rings. The third-order valence-electron chi connectivity index (χ3n) is 2.02. The molecule has 0 atom stereocenters. The van der Waals surface area contributed by atoms with E-state index in [1.54, 1.807) is 0 Å². The summed E-state index contributed by atoms with van der Waals surface area (Å²) >= 11 is 0. The zero-order chi connectivity index (χ0) is 11.0. The van der Waals surface area contributed by atoms with E-state index < -0.39 is 0 Å². The highest BCUT2D eigenvalue weighted by Gasteiger charge is 2.09. The second-order valence-corrected chi connectivity index (χ2v) is 3.63. The molecule has 82 valence electrons. The molecular weight excluding hydrogens is 172 g/mol. The second kappa shape index (κ2) is 7.66. The van der Waals surface area contributed by atoms with Crippen LogP contribution in [0, 0.1) is 5.92 Å². The minimum absolute atomic E-state index is 0.541. The zero-order valence-corrected chi connectivity index (χ0v) is 10.3. The van der Waals surface area contributed by atoms with Crippen LogP contribution >= 0.6 is 0 Å². The Morgan fingerprint density at radius 3 is 2.00 bits per heavy atom. The minimum atomic E-state index is 0.541. The quantitative estimate of drug-likeness (QED) is 0.454. The van der Waals surface area contributed by atoms with E-state index in [1.807, 2.05) is 6.92 Å². The molecule has 0 aliphatic heterocycles. The number of ether oxygens (including phenoxy) is 1. The highest BCUT2D eigenvalue weighted by atomic mass is 16.5. The van der Waals surface area contributed by atoms with Crippen LogP contribution in [0.1, 0.15) is 47.5 Å². The van der Waals surface area contributed by atoms with Gasteiger partial charge in [0.2, 0.25) is 0 Å². The van der Waals surface area contributed by atoms with Gasteiger partial charge in [-0.05, 0) is 37.3 Å². The van der Waals surface area contributed by atoms with Crippen LogP contribution in [0.2, 0.25) is 0 Å². The van der Waals surface area contributed by atoms with E-state index in [1.165, 1.54) is 5.57 Å². The summed E-state index contributed by atoms with van der Waals surface area (Å²) in [7, 11) is 0. The Hall–Kier alpha value is -0.720. The van der Waals surface area contributed by atoms with Crippen LogP contribution in [0.15, 0.2) is 23.5 Å². The molecule has 0 spiro atoms. The number of hydrogen-bond acceptors (Lipinski definition) is 1. The van der Waals surface area contributed by atoms with E-state index in [4.69, 9.17) is 4.74 Å². The van der Waals surface area contributed by atoms with Crippen LogP contribution in [-0.2, 0) is 4.74 Å². The molecule has 0 saturated carbocycles. The molecule has 14 heavy (non-hydrogen) atoms. The van der Waals surface area contributed by atoms with Crippen molar-refractivity contribution in [2.45, 2.75) is 47.5 Å². The summed E-state index contributed by atoms with van der Waals surface area (Å²) < 4.78 is 5.65. The largest absolute Gasteiger partial charge is 0.494 e. The fourth-order valence-electron chi connectivity index (χ4n) is 1.44. The minimum Gasteiger partial charge on any atom is -0.494 e. The Balaban J connectivity index is 4.74. The lowest BCUT2D eigenvalue weighted by Crippen LogP contribution is -2.02. The summed E-state index contributed by atoms with van der Waals surface area (Å²) in [5.74, 6) is 1.62. The molecule has 0 rings (SSSR count). The van der Waals surface area contributed by atoms with Crippen molar-refractivity contribution >= 4 is 0 Å². The van der Waals surface area contributed by atoms with Gasteiger partial charge >= 0.3 is 0 Å². The van der Waals surface area contributed by atoms with E-state index >= 15 is 0 Å². The fourth-order valence-corrected chi connectivity index (χ4v) is 1.44. The number of hydrogen-bond donors (Lipinski definition) is 0. The molecular formula is C13H24O. The Morgan fingerprint density at radius 2 is 1.64 bits per heavy atom. The molecule has 0 saturated heterocycles. The first-order valence-corrected chi connectivity index (χ1v) is 5.70. The van der Waals surface area contributed by atoms with Gasteiger partial charge in [-0.3, -0.25) is 0 Å². The monoisotopic (exact) mass is 196 g/mol. The second-order valence-electron chi connectivity index (χ2n) is 3.63. The maximum absolute atomic E-state index is 5.65. The smallest absolute Gasteiger partial charge is 0.118 e. The van der Waals surface area contributed by atoms with Gasteiger partial charge in [0.1, 0.15) is 5.76 Å². The Bertz CT molecular complexity index is 199. The summed E-state index contributed by atoms with van der Waals surface area (Å²) in [4.78, 5) is 0. The zero-order valence-electron chi connectivity index (χ0n) is 10.3. The third-order valence-corrected chi connectivity index (χ3v) is 2.02. The third kappa shape index (κ3) is 4.50. The molecule has 0 heterocycles. The average molecular weight is 196 g/mol. The van der Waals surface area contributed by atoms with E-state index in [2.05, 4.69) is 39.8 Å². The van der Waals surface area contributed by atoms with Crippen molar-refractivity contribution in [2.24, 2.45) is 5.92 Å². The van der Waals surface area contributed by atoms with Crippen LogP contribution in [-0.4, -0.2) is 6.61 Å². The van der Waals surface area contributed by atoms with Gasteiger partial charge in [-0.15, -0.1) is 0 Å². The Kier molecular flexibility index (Phi) is 7.27. The lowest BCUT2D eigenvalue weighted by Gasteiger charge is -2.16. The summed E-state index contributed by atoms with van der Waals surface area (Å²) in [6.45, 7) is 11.5. The van der Waals surface area contributed by atoms with Crippen molar-refractivity contribution in [1.29, 1.82) is 0 Å². The van der Waals surface area contributed by atoms with Gasteiger partial charge in [0.15, 0.2) is 0 Å². The number of allylic oxidation sites excluding steroid dienone is 3. The molecule has 0 unspecified atom stereocenters. The molecule has 0 aliphatic carbocycles. The normalized spacial score (nSPS) is 13.6.